The summed E-state index contributed by atoms with van der Waals surface area (Å²) in [4.78, 5) is 8.59. The molecule has 0 aliphatic carbocycles. The summed E-state index contributed by atoms with van der Waals surface area (Å²) in [5.41, 5.74) is 2.15. The van der Waals surface area contributed by atoms with Crippen molar-refractivity contribution in [2.45, 2.75) is 6.92 Å². The molecule has 1 aromatic heterocycles. The van der Waals surface area contributed by atoms with Crippen molar-refractivity contribution < 1.29 is 4.39 Å². The minimum atomic E-state index is -0.418. The minimum Gasteiger partial charge on any atom is -0.228 e. The zero-order valence-electron chi connectivity index (χ0n) is 10.5. The highest BCUT2D eigenvalue weighted by Gasteiger charge is 2.13. The van der Waals surface area contributed by atoms with E-state index in [1.807, 2.05) is 6.92 Å². The molecule has 3 rings (SSSR count). The Bertz CT molecular complexity index is 801. The van der Waals surface area contributed by atoms with Crippen LogP contribution in [0.3, 0.4) is 0 Å². The number of fused-ring (bicyclic) bond motifs is 1. The maximum Gasteiger partial charge on any atom is 0.161 e. The van der Waals surface area contributed by atoms with Crippen LogP contribution in [0.5, 0.6) is 0 Å². The van der Waals surface area contributed by atoms with Crippen LogP contribution in [0.1, 0.15) is 5.56 Å². The van der Waals surface area contributed by atoms with E-state index >= 15 is 0 Å². The van der Waals surface area contributed by atoms with E-state index in [0.717, 1.165) is 11.1 Å². The zero-order chi connectivity index (χ0) is 14.3. The normalized spacial score (nSPS) is 11.0. The topological polar surface area (TPSA) is 25.8 Å². The van der Waals surface area contributed by atoms with Gasteiger partial charge >= 0.3 is 0 Å². The summed E-state index contributed by atoms with van der Waals surface area (Å²) in [6.45, 7) is 1.86. The highest BCUT2D eigenvalue weighted by Crippen LogP contribution is 2.29. The second-order valence-corrected chi connectivity index (χ2v) is 5.23. The maximum absolute atomic E-state index is 13.8. The van der Waals surface area contributed by atoms with Crippen LogP contribution in [0, 0.1) is 12.7 Å². The summed E-state index contributed by atoms with van der Waals surface area (Å²) in [7, 11) is 0. The van der Waals surface area contributed by atoms with Crippen LogP contribution in [-0.2, 0) is 0 Å². The molecule has 0 saturated heterocycles. The molecule has 2 nitrogen and oxygen atoms in total. The fourth-order valence-corrected chi connectivity index (χ4v) is 2.40. The molecule has 0 saturated carbocycles. The quantitative estimate of drug-likeness (QED) is 0.588. The first-order valence-corrected chi connectivity index (χ1v) is 6.70. The number of rotatable bonds is 1. The lowest BCUT2D eigenvalue weighted by Crippen LogP contribution is -1.95. The van der Waals surface area contributed by atoms with Gasteiger partial charge in [-0.1, -0.05) is 29.3 Å². The van der Waals surface area contributed by atoms with Gasteiger partial charge in [0.15, 0.2) is 5.82 Å². The molecular formula is C15H9Cl2FN2. The SMILES string of the molecule is Cc1ccc(F)c2c(Cl)nc(-c3ccc(Cl)cc3)nc12. The highest BCUT2D eigenvalue weighted by molar-refractivity contribution is 6.34. The van der Waals surface area contributed by atoms with Gasteiger partial charge in [-0.3, -0.25) is 0 Å². The second kappa shape index (κ2) is 5.00. The molecule has 0 atom stereocenters. The first-order valence-electron chi connectivity index (χ1n) is 5.94. The van der Waals surface area contributed by atoms with Crippen LogP contribution in [0.4, 0.5) is 4.39 Å². The lowest BCUT2D eigenvalue weighted by Gasteiger charge is -2.07. The molecule has 0 radical (unpaired) electrons. The third kappa shape index (κ3) is 2.23. The number of aromatic nitrogens is 2. The van der Waals surface area contributed by atoms with Gasteiger partial charge in [0, 0.05) is 10.6 Å². The highest BCUT2D eigenvalue weighted by atomic mass is 35.5. The van der Waals surface area contributed by atoms with Crippen molar-refractivity contribution in [2.75, 3.05) is 0 Å². The van der Waals surface area contributed by atoms with E-state index in [1.54, 1.807) is 30.3 Å². The van der Waals surface area contributed by atoms with Crippen LogP contribution >= 0.6 is 23.2 Å². The van der Waals surface area contributed by atoms with Crippen molar-refractivity contribution in [2.24, 2.45) is 0 Å². The van der Waals surface area contributed by atoms with Crippen molar-refractivity contribution in [1.29, 1.82) is 0 Å². The van der Waals surface area contributed by atoms with E-state index in [1.165, 1.54) is 6.07 Å². The molecule has 5 heteroatoms. The Kier molecular flexibility index (Phi) is 3.32. The van der Waals surface area contributed by atoms with Gasteiger partial charge in [-0.05, 0) is 42.8 Å². The van der Waals surface area contributed by atoms with E-state index in [4.69, 9.17) is 23.2 Å². The standard InChI is InChI=1S/C15H9Cl2FN2/c1-8-2-7-11(18)12-13(8)19-15(20-14(12)17)9-3-5-10(16)6-4-9/h2-7H,1H3. The van der Waals surface area contributed by atoms with E-state index in [-0.39, 0.29) is 10.5 Å². The van der Waals surface area contributed by atoms with Crippen LogP contribution < -0.4 is 0 Å². The maximum atomic E-state index is 13.8. The average molecular weight is 307 g/mol. The Morgan fingerprint density at radius 2 is 1.65 bits per heavy atom. The first kappa shape index (κ1) is 13.3. The summed E-state index contributed by atoms with van der Waals surface area (Å²) < 4.78 is 13.8. The predicted molar refractivity (Wildman–Crippen MR) is 79.7 cm³/mol. The van der Waals surface area contributed by atoms with E-state index in [2.05, 4.69) is 9.97 Å². The van der Waals surface area contributed by atoms with Gasteiger partial charge in [0.2, 0.25) is 0 Å². The number of hydrogen-bond donors (Lipinski definition) is 0. The van der Waals surface area contributed by atoms with Gasteiger partial charge < -0.3 is 0 Å². The van der Waals surface area contributed by atoms with E-state index < -0.39 is 5.82 Å². The molecular weight excluding hydrogens is 298 g/mol. The Balaban J connectivity index is 2.29. The Labute approximate surface area is 125 Å². The molecule has 0 spiro atoms. The molecule has 0 bridgehead atoms. The van der Waals surface area contributed by atoms with Crippen molar-refractivity contribution in [1.82, 2.24) is 9.97 Å². The summed E-state index contributed by atoms with van der Waals surface area (Å²) in [5, 5.41) is 0.994. The second-order valence-electron chi connectivity index (χ2n) is 4.43. The summed E-state index contributed by atoms with van der Waals surface area (Å²) in [6.07, 6.45) is 0. The molecule has 0 fully saturated rings. The smallest absolute Gasteiger partial charge is 0.161 e. The van der Waals surface area contributed by atoms with Gasteiger partial charge in [0.05, 0.1) is 10.9 Å². The van der Waals surface area contributed by atoms with Gasteiger partial charge in [0.1, 0.15) is 11.0 Å². The van der Waals surface area contributed by atoms with Crippen molar-refractivity contribution in [3.8, 4) is 11.4 Å². The monoisotopic (exact) mass is 306 g/mol. The molecule has 100 valence electrons. The first-order chi connectivity index (χ1) is 9.56. The van der Waals surface area contributed by atoms with Crippen molar-refractivity contribution in [3.63, 3.8) is 0 Å². The van der Waals surface area contributed by atoms with Gasteiger partial charge in [-0.25, -0.2) is 14.4 Å². The largest absolute Gasteiger partial charge is 0.228 e. The fraction of sp³-hybridized carbons (Fsp3) is 0.0667. The number of aryl methyl sites for hydroxylation is 1. The summed E-state index contributed by atoms with van der Waals surface area (Å²) >= 11 is 12.0. The molecule has 20 heavy (non-hydrogen) atoms. The van der Waals surface area contributed by atoms with Crippen molar-refractivity contribution in [3.05, 3.63) is 58.0 Å². The third-order valence-electron chi connectivity index (χ3n) is 3.06. The summed E-state index contributed by atoms with van der Waals surface area (Å²) in [6, 6.07) is 10.1. The van der Waals surface area contributed by atoms with Gasteiger partial charge in [0.25, 0.3) is 0 Å². The number of benzene rings is 2. The van der Waals surface area contributed by atoms with E-state index in [9.17, 15) is 4.39 Å². The van der Waals surface area contributed by atoms with Crippen LogP contribution in [0.2, 0.25) is 10.2 Å². The van der Waals surface area contributed by atoms with Gasteiger partial charge in [-0.2, -0.15) is 0 Å². The van der Waals surface area contributed by atoms with E-state index in [0.29, 0.717) is 16.4 Å². The lowest BCUT2D eigenvalue weighted by atomic mass is 10.1. The molecule has 0 N–H and O–H groups in total. The third-order valence-corrected chi connectivity index (χ3v) is 3.58. The van der Waals surface area contributed by atoms with Crippen molar-refractivity contribution >= 4 is 34.1 Å². The minimum absolute atomic E-state index is 0.112. The zero-order valence-corrected chi connectivity index (χ0v) is 12.0. The molecule has 3 aromatic rings. The molecule has 0 unspecified atom stereocenters. The van der Waals surface area contributed by atoms with Gasteiger partial charge in [-0.15, -0.1) is 0 Å². The molecule has 1 heterocycles. The number of nitrogens with zero attached hydrogens (tertiary/aromatic N) is 2. The van der Waals surface area contributed by atoms with Crippen LogP contribution in [0.25, 0.3) is 22.3 Å². The Hall–Kier alpha value is -1.71. The van der Waals surface area contributed by atoms with Crippen LogP contribution in [0.15, 0.2) is 36.4 Å². The average Bonchev–Trinajstić information content (AvgIpc) is 2.43. The molecule has 2 aromatic carbocycles. The molecule has 0 aliphatic heterocycles. The number of hydrogen-bond acceptors (Lipinski definition) is 2. The molecule has 0 aliphatic rings. The summed E-state index contributed by atoms with van der Waals surface area (Å²) in [5.74, 6) is 0.0334. The Morgan fingerprint density at radius 1 is 0.950 bits per heavy atom. The Morgan fingerprint density at radius 3 is 2.35 bits per heavy atom. The lowest BCUT2D eigenvalue weighted by molar-refractivity contribution is 0.639. The fourth-order valence-electron chi connectivity index (χ4n) is 2.02. The number of halogens is 3. The predicted octanol–water partition coefficient (Wildman–Crippen LogP) is 5.05. The van der Waals surface area contributed by atoms with Crippen LogP contribution in [-0.4, -0.2) is 9.97 Å². The molecule has 0 amide bonds.